The fourth-order valence-electron chi connectivity index (χ4n) is 1.76. The molecule has 0 fully saturated rings. The second-order valence-corrected chi connectivity index (χ2v) is 8.25. The number of aromatic nitrogens is 1. The van der Waals surface area contributed by atoms with Crippen LogP contribution in [0.15, 0.2) is 49.7 Å². The van der Waals surface area contributed by atoms with E-state index in [-0.39, 0.29) is 0 Å². The second kappa shape index (κ2) is 6.05. The van der Waals surface area contributed by atoms with Crippen LogP contribution in [0.3, 0.4) is 0 Å². The molecule has 0 bridgehead atoms. The average Bonchev–Trinajstić information content (AvgIpc) is 2.79. The van der Waals surface area contributed by atoms with Gasteiger partial charge in [-0.3, -0.25) is 0 Å². The lowest BCUT2D eigenvalue weighted by Gasteiger charge is -2.03. The van der Waals surface area contributed by atoms with Gasteiger partial charge in [-0.2, -0.15) is 0 Å². The summed E-state index contributed by atoms with van der Waals surface area (Å²) in [5, 5.41) is 0. The van der Waals surface area contributed by atoms with Gasteiger partial charge in [0.15, 0.2) is 4.34 Å². The Balaban J connectivity index is 1.79. The molecular weight excluding hydrogens is 420 g/mol. The highest BCUT2D eigenvalue weighted by atomic mass is 79.9. The van der Waals surface area contributed by atoms with Gasteiger partial charge in [-0.1, -0.05) is 49.7 Å². The Morgan fingerprint density at radius 1 is 1.15 bits per heavy atom. The molecular formula is C14H10Br2N2S2. The molecule has 2 N–H and O–H groups in total. The number of nitrogens with zero attached hydrogens (tertiary/aromatic N) is 1. The molecule has 0 aliphatic rings. The summed E-state index contributed by atoms with van der Waals surface area (Å²) in [5.74, 6) is 0.892. The highest BCUT2D eigenvalue weighted by molar-refractivity contribution is 9.11. The SMILES string of the molecule is Nc1ccc2nc(SCc3ccc(Br)cc3Br)sc2c1. The minimum Gasteiger partial charge on any atom is -0.399 e. The molecule has 0 radical (unpaired) electrons. The van der Waals surface area contributed by atoms with Crippen molar-refractivity contribution in [3.8, 4) is 0 Å². The third-order valence-electron chi connectivity index (χ3n) is 2.76. The summed E-state index contributed by atoms with van der Waals surface area (Å²) in [4.78, 5) is 4.62. The molecule has 3 rings (SSSR count). The summed E-state index contributed by atoms with van der Waals surface area (Å²) in [6, 6.07) is 12.1. The van der Waals surface area contributed by atoms with E-state index in [4.69, 9.17) is 5.73 Å². The molecule has 0 atom stereocenters. The van der Waals surface area contributed by atoms with Gasteiger partial charge in [0.2, 0.25) is 0 Å². The molecule has 20 heavy (non-hydrogen) atoms. The third-order valence-corrected chi connectivity index (χ3v) is 6.20. The first kappa shape index (κ1) is 14.4. The number of thiazole rings is 1. The van der Waals surface area contributed by atoms with Crippen LogP contribution >= 0.6 is 55.0 Å². The Bertz CT molecular complexity index is 771. The van der Waals surface area contributed by atoms with Crippen LogP contribution in [0, 0.1) is 0 Å². The Morgan fingerprint density at radius 3 is 2.80 bits per heavy atom. The molecule has 0 aliphatic heterocycles. The van der Waals surface area contributed by atoms with Gasteiger partial charge in [0, 0.05) is 20.4 Å². The zero-order chi connectivity index (χ0) is 14.1. The Hall–Kier alpha value is -0.560. The maximum atomic E-state index is 5.79. The molecule has 0 saturated heterocycles. The number of fused-ring (bicyclic) bond motifs is 1. The van der Waals surface area contributed by atoms with Crippen LogP contribution in [0.25, 0.3) is 10.2 Å². The smallest absolute Gasteiger partial charge is 0.151 e. The highest BCUT2D eigenvalue weighted by Crippen LogP contribution is 2.34. The van der Waals surface area contributed by atoms with Crippen LogP contribution in [0.2, 0.25) is 0 Å². The molecule has 1 heterocycles. The highest BCUT2D eigenvalue weighted by Gasteiger charge is 2.07. The van der Waals surface area contributed by atoms with Crippen LogP contribution in [0.1, 0.15) is 5.56 Å². The molecule has 102 valence electrons. The van der Waals surface area contributed by atoms with Crippen LogP contribution in [-0.4, -0.2) is 4.98 Å². The Morgan fingerprint density at radius 2 is 2.00 bits per heavy atom. The predicted molar refractivity (Wildman–Crippen MR) is 95.4 cm³/mol. The van der Waals surface area contributed by atoms with Crippen molar-refractivity contribution in [1.82, 2.24) is 4.98 Å². The zero-order valence-electron chi connectivity index (χ0n) is 10.3. The molecule has 3 aromatic rings. The van der Waals surface area contributed by atoms with Gasteiger partial charge >= 0.3 is 0 Å². The van der Waals surface area contributed by atoms with Crippen LogP contribution < -0.4 is 5.73 Å². The minimum atomic E-state index is 0.786. The van der Waals surface area contributed by atoms with E-state index in [1.54, 1.807) is 23.1 Å². The molecule has 0 aliphatic carbocycles. The summed E-state index contributed by atoms with van der Waals surface area (Å²) < 4.78 is 4.40. The van der Waals surface area contributed by atoms with Gasteiger partial charge in [0.1, 0.15) is 0 Å². The van der Waals surface area contributed by atoms with E-state index in [1.165, 1.54) is 5.56 Å². The van der Waals surface area contributed by atoms with Crippen LogP contribution in [0.4, 0.5) is 5.69 Å². The first-order valence-electron chi connectivity index (χ1n) is 5.84. The van der Waals surface area contributed by atoms with E-state index in [9.17, 15) is 0 Å². The lowest BCUT2D eigenvalue weighted by atomic mass is 10.2. The number of hydrogen-bond acceptors (Lipinski definition) is 4. The maximum Gasteiger partial charge on any atom is 0.151 e. The number of thioether (sulfide) groups is 1. The standard InChI is InChI=1S/C14H10Br2N2S2/c15-9-2-1-8(11(16)5-9)7-19-14-18-12-4-3-10(17)6-13(12)20-14/h1-6H,7,17H2. The largest absolute Gasteiger partial charge is 0.399 e. The molecule has 0 saturated carbocycles. The van der Waals surface area contributed by atoms with Crippen molar-refractivity contribution in [2.24, 2.45) is 0 Å². The molecule has 2 nitrogen and oxygen atoms in total. The van der Waals surface area contributed by atoms with Gasteiger partial charge in [-0.15, -0.1) is 11.3 Å². The topological polar surface area (TPSA) is 38.9 Å². The zero-order valence-corrected chi connectivity index (χ0v) is 15.1. The number of nitrogens with two attached hydrogens (primary N) is 1. The van der Waals surface area contributed by atoms with E-state index in [2.05, 4.69) is 55.0 Å². The Kier molecular flexibility index (Phi) is 4.35. The van der Waals surface area contributed by atoms with Crippen LogP contribution in [-0.2, 0) is 5.75 Å². The van der Waals surface area contributed by atoms with E-state index < -0.39 is 0 Å². The van der Waals surface area contributed by atoms with Gasteiger partial charge in [0.05, 0.1) is 10.2 Å². The lowest BCUT2D eigenvalue weighted by molar-refractivity contribution is 1.28. The average molecular weight is 430 g/mol. The molecule has 0 spiro atoms. The normalized spacial score (nSPS) is 11.1. The van der Waals surface area contributed by atoms with Gasteiger partial charge in [0.25, 0.3) is 0 Å². The summed E-state index contributed by atoms with van der Waals surface area (Å²) >= 11 is 10.5. The second-order valence-electron chi connectivity index (χ2n) is 4.23. The summed E-state index contributed by atoms with van der Waals surface area (Å²) in [5.41, 5.74) is 8.86. The number of rotatable bonds is 3. The Labute approximate surface area is 142 Å². The van der Waals surface area contributed by atoms with E-state index in [0.717, 1.165) is 34.9 Å². The fourth-order valence-corrected chi connectivity index (χ4v) is 5.25. The van der Waals surface area contributed by atoms with Crippen molar-refractivity contribution in [3.63, 3.8) is 0 Å². The first-order chi connectivity index (χ1) is 9.61. The van der Waals surface area contributed by atoms with Crippen molar-refractivity contribution in [2.45, 2.75) is 10.1 Å². The maximum absolute atomic E-state index is 5.79. The van der Waals surface area contributed by atoms with Crippen molar-refractivity contribution < 1.29 is 0 Å². The number of hydrogen-bond donors (Lipinski definition) is 1. The summed E-state index contributed by atoms with van der Waals surface area (Å²) in [6.45, 7) is 0. The lowest BCUT2D eigenvalue weighted by Crippen LogP contribution is -1.83. The van der Waals surface area contributed by atoms with E-state index in [1.807, 2.05) is 18.2 Å². The monoisotopic (exact) mass is 428 g/mol. The first-order valence-corrected chi connectivity index (χ1v) is 9.23. The minimum absolute atomic E-state index is 0.786. The molecule has 2 aromatic carbocycles. The van der Waals surface area contributed by atoms with E-state index >= 15 is 0 Å². The number of halogens is 2. The number of nitrogen functional groups attached to an aromatic ring is 1. The number of anilines is 1. The molecule has 6 heteroatoms. The summed E-state index contributed by atoms with van der Waals surface area (Å²) in [7, 11) is 0. The summed E-state index contributed by atoms with van der Waals surface area (Å²) in [6.07, 6.45) is 0. The van der Waals surface area contributed by atoms with E-state index in [0.29, 0.717) is 0 Å². The quantitative estimate of drug-likeness (QED) is 0.428. The van der Waals surface area contributed by atoms with Gasteiger partial charge in [-0.25, -0.2) is 4.98 Å². The number of benzene rings is 2. The van der Waals surface area contributed by atoms with Crippen molar-refractivity contribution in [3.05, 3.63) is 50.9 Å². The third kappa shape index (κ3) is 3.19. The predicted octanol–water partition coefficient (Wildman–Crippen LogP) is 5.70. The van der Waals surface area contributed by atoms with Crippen molar-refractivity contribution in [1.29, 1.82) is 0 Å². The fraction of sp³-hybridized carbons (Fsp3) is 0.0714. The molecule has 0 unspecified atom stereocenters. The molecule has 0 amide bonds. The van der Waals surface area contributed by atoms with Crippen molar-refractivity contribution in [2.75, 3.05) is 5.73 Å². The molecule has 1 aromatic heterocycles. The van der Waals surface area contributed by atoms with Gasteiger partial charge < -0.3 is 5.73 Å². The van der Waals surface area contributed by atoms with Gasteiger partial charge in [-0.05, 0) is 35.9 Å². The van der Waals surface area contributed by atoms with Crippen LogP contribution in [0.5, 0.6) is 0 Å². The van der Waals surface area contributed by atoms with Crippen molar-refractivity contribution >= 4 is 70.9 Å².